The molecule has 1 aromatic carbocycles. The Bertz CT molecular complexity index is 453. The van der Waals surface area contributed by atoms with Crippen LogP contribution in [-0.4, -0.2) is 21.3 Å². The van der Waals surface area contributed by atoms with Crippen molar-refractivity contribution >= 4 is 35.6 Å². The molecule has 0 heterocycles. The van der Waals surface area contributed by atoms with Gasteiger partial charge in [-0.2, -0.15) is 8.78 Å². The smallest absolute Gasteiger partial charge is 0.387 e. The first-order chi connectivity index (χ1) is 9.19. The van der Waals surface area contributed by atoms with Crippen molar-refractivity contribution in [2.24, 2.45) is 0 Å². The molecule has 1 rings (SSSR count). The first-order valence-corrected chi connectivity index (χ1v) is 11.1. The van der Waals surface area contributed by atoms with Crippen molar-refractivity contribution in [3.8, 4) is 5.75 Å². The Kier molecular flexibility index (Phi) is 6.91. The van der Waals surface area contributed by atoms with Crippen LogP contribution in [0.25, 0.3) is 0 Å². The third-order valence-corrected chi connectivity index (χ3v) is 5.47. The molecule has 0 aliphatic heterocycles. The van der Waals surface area contributed by atoms with E-state index in [2.05, 4.69) is 40.3 Å². The Labute approximate surface area is 132 Å². The molecule has 0 aliphatic rings. The zero-order chi connectivity index (χ0) is 15.3. The summed E-state index contributed by atoms with van der Waals surface area (Å²) in [5, 5.41) is 0.325. The van der Waals surface area contributed by atoms with Crippen LogP contribution in [0, 0.1) is 0 Å². The highest BCUT2D eigenvalue weighted by Crippen LogP contribution is 2.32. The van der Waals surface area contributed by atoms with E-state index in [4.69, 9.17) is 16.3 Å². The Hall–Kier alpha value is -0.173. The molecule has 0 fully saturated rings. The zero-order valence-electron chi connectivity index (χ0n) is 11.7. The maximum atomic E-state index is 12.4. The second-order valence-electron chi connectivity index (χ2n) is 5.62. The molecule has 0 N–H and O–H groups in total. The van der Waals surface area contributed by atoms with Gasteiger partial charge in [0, 0.05) is 30.8 Å². The highest BCUT2D eigenvalue weighted by molar-refractivity contribution is 9.10. The van der Waals surface area contributed by atoms with Gasteiger partial charge in [-0.25, -0.2) is 0 Å². The molecule has 0 saturated heterocycles. The van der Waals surface area contributed by atoms with Crippen molar-refractivity contribution in [3.05, 3.63) is 27.2 Å². The topological polar surface area (TPSA) is 18.5 Å². The van der Waals surface area contributed by atoms with Gasteiger partial charge in [-0.15, -0.1) is 0 Å². The Morgan fingerprint density at radius 3 is 2.50 bits per heavy atom. The van der Waals surface area contributed by atoms with Gasteiger partial charge in [0.2, 0.25) is 0 Å². The molecular formula is C13H18BrClF2O2Si. The van der Waals surface area contributed by atoms with E-state index in [9.17, 15) is 8.78 Å². The van der Waals surface area contributed by atoms with Crippen LogP contribution in [0.4, 0.5) is 8.78 Å². The number of rotatable bonds is 7. The van der Waals surface area contributed by atoms with Crippen LogP contribution in [0.15, 0.2) is 16.6 Å². The van der Waals surface area contributed by atoms with Crippen LogP contribution < -0.4 is 4.74 Å². The van der Waals surface area contributed by atoms with Crippen molar-refractivity contribution in [1.29, 1.82) is 0 Å². The zero-order valence-corrected chi connectivity index (χ0v) is 15.0. The number of halogens is 4. The molecule has 7 heteroatoms. The van der Waals surface area contributed by atoms with Crippen LogP contribution in [0.3, 0.4) is 0 Å². The number of ether oxygens (including phenoxy) is 2. The van der Waals surface area contributed by atoms with Crippen molar-refractivity contribution in [3.63, 3.8) is 0 Å². The van der Waals surface area contributed by atoms with Crippen LogP contribution in [0.5, 0.6) is 5.75 Å². The van der Waals surface area contributed by atoms with E-state index in [0.29, 0.717) is 21.7 Å². The van der Waals surface area contributed by atoms with Crippen molar-refractivity contribution < 1.29 is 18.3 Å². The fourth-order valence-electron chi connectivity index (χ4n) is 1.45. The summed E-state index contributed by atoms with van der Waals surface area (Å²) in [5.74, 6) is 0.0567. The third-order valence-electron chi connectivity index (χ3n) is 2.57. The number of hydrogen-bond acceptors (Lipinski definition) is 2. The second kappa shape index (κ2) is 7.73. The molecule has 0 spiro atoms. The van der Waals surface area contributed by atoms with Gasteiger partial charge in [0.05, 0.1) is 11.6 Å². The van der Waals surface area contributed by atoms with Gasteiger partial charge in [0.1, 0.15) is 5.75 Å². The van der Waals surface area contributed by atoms with Gasteiger partial charge in [-0.1, -0.05) is 31.2 Å². The lowest BCUT2D eigenvalue weighted by atomic mass is 10.2. The summed E-state index contributed by atoms with van der Waals surface area (Å²) in [4.78, 5) is 0. The molecule has 0 bridgehead atoms. The lowest BCUT2D eigenvalue weighted by molar-refractivity contribution is -0.0513. The fourth-order valence-corrected chi connectivity index (χ4v) is 2.75. The van der Waals surface area contributed by atoms with Crippen molar-refractivity contribution in [2.45, 2.75) is 38.9 Å². The Balaban J connectivity index is 2.70. The Morgan fingerprint density at radius 2 is 1.95 bits per heavy atom. The molecule has 20 heavy (non-hydrogen) atoms. The monoisotopic (exact) mass is 386 g/mol. The summed E-state index contributed by atoms with van der Waals surface area (Å²) in [6, 6.07) is 4.04. The molecule has 1 aromatic rings. The average Bonchev–Trinajstić information content (AvgIpc) is 2.28. The van der Waals surface area contributed by atoms with Crippen molar-refractivity contribution in [2.75, 3.05) is 6.61 Å². The standard InChI is InChI=1S/C13H18BrClF2O2Si/c1-20(2,3)5-4-18-8-9-6-10(14)11(15)7-12(9)19-13(16)17/h6-7,13H,4-5,8H2,1-3H3. The quantitative estimate of drug-likeness (QED) is 0.450. The lowest BCUT2D eigenvalue weighted by Crippen LogP contribution is -2.21. The minimum Gasteiger partial charge on any atom is -0.434 e. The fraction of sp³-hybridized carbons (Fsp3) is 0.538. The van der Waals surface area contributed by atoms with Crippen molar-refractivity contribution in [1.82, 2.24) is 0 Å². The molecule has 0 aliphatic carbocycles. The molecule has 0 atom stereocenters. The molecule has 2 nitrogen and oxygen atoms in total. The molecule has 0 saturated carbocycles. The summed E-state index contributed by atoms with van der Waals surface area (Å²) in [6.45, 7) is 4.71. The van der Waals surface area contributed by atoms with E-state index in [1.54, 1.807) is 6.07 Å². The molecule has 0 radical (unpaired) electrons. The molecule has 0 unspecified atom stereocenters. The normalized spacial score (nSPS) is 12.0. The molecule has 0 aromatic heterocycles. The first kappa shape index (κ1) is 17.9. The van der Waals surface area contributed by atoms with E-state index in [-0.39, 0.29) is 12.4 Å². The maximum absolute atomic E-state index is 12.4. The van der Waals surface area contributed by atoms with E-state index in [1.807, 2.05) is 0 Å². The summed E-state index contributed by atoms with van der Waals surface area (Å²) in [7, 11) is -1.16. The van der Waals surface area contributed by atoms with Gasteiger partial charge < -0.3 is 9.47 Å². The van der Waals surface area contributed by atoms with Gasteiger partial charge >= 0.3 is 6.61 Å². The summed E-state index contributed by atoms with van der Waals surface area (Å²) >= 11 is 9.15. The minimum absolute atomic E-state index is 0.0567. The molecule has 0 amide bonds. The second-order valence-corrected chi connectivity index (χ2v) is 12.5. The predicted molar refractivity (Wildman–Crippen MR) is 83.6 cm³/mol. The SMILES string of the molecule is C[Si](C)(C)CCOCc1cc(Br)c(Cl)cc1OC(F)F. The van der Waals surface area contributed by atoms with E-state index >= 15 is 0 Å². The lowest BCUT2D eigenvalue weighted by Gasteiger charge is -2.16. The number of alkyl halides is 2. The average molecular weight is 388 g/mol. The minimum atomic E-state index is -2.88. The van der Waals surface area contributed by atoms with Gasteiger partial charge in [-0.3, -0.25) is 0 Å². The highest BCUT2D eigenvalue weighted by atomic mass is 79.9. The summed E-state index contributed by atoms with van der Waals surface area (Å²) in [5.41, 5.74) is 0.553. The van der Waals surface area contributed by atoms with Crippen LogP contribution in [0.1, 0.15) is 5.56 Å². The maximum Gasteiger partial charge on any atom is 0.387 e. The largest absolute Gasteiger partial charge is 0.434 e. The number of benzene rings is 1. The molecular weight excluding hydrogens is 370 g/mol. The van der Waals surface area contributed by atoms with Gasteiger partial charge in [0.15, 0.2) is 0 Å². The summed E-state index contributed by atoms with van der Waals surface area (Å²) in [6.07, 6.45) is 0. The highest BCUT2D eigenvalue weighted by Gasteiger charge is 2.15. The summed E-state index contributed by atoms with van der Waals surface area (Å²) < 4.78 is 35.4. The van der Waals surface area contributed by atoms with Gasteiger partial charge in [-0.05, 0) is 28.0 Å². The molecule has 114 valence electrons. The van der Waals surface area contributed by atoms with Crippen LogP contribution in [-0.2, 0) is 11.3 Å². The van der Waals surface area contributed by atoms with Gasteiger partial charge in [0.25, 0.3) is 0 Å². The Morgan fingerprint density at radius 1 is 1.30 bits per heavy atom. The predicted octanol–water partition coefficient (Wildman–Crippen LogP) is 5.56. The third kappa shape index (κ3) is 6.52. The first-order valence-electron chi connectivity index (χ1n) is 6.19. The van der Waals surface area contributed by atoms with Crippen LogP contribution >= 0.6 is 27.5 Å². The van der Waals surface area contributed by atoms with E-state index < -0.39 is 14.7 Å². The van der Waals surface area contributed by atoms with Crippen LogP contribution in [0.2, 0.25) is 30.7 Å². The van der Waals surface area contributed by atoms with E-state index in [0.717, 1.165) is 6.04 Å². The number of hydrogen-bond donors (Lipinski definition) is 0. The van der Waals surface area contributed by atoms with E-state index in [1.165, 1.54) is 6.07 Å².